The van der Waals surface area contributed by atoms with Crippen LogP contribution in [-0.4, -0.2) is 46.8 Å². The van der Waals surface area contributed by atoms with Crippen LogP contribution in [0.1, 0.15) is 37.2 Å². The number of aryl methyl sites for hydroxylation is 2. The zero-order chi connectivity index (χ0) is 18.4. The van der Waals surface area contributed by atoms with E-state index >= 15 is 0 Å². The number of hydrogen-bond donors (Lipinski definition) is 2. The van der Waals surface area contributed by atoms with Crippen LogP contribution >= 0.6 is 0 Å². The molecule has 2 aromatic rings. The summed E-state index contributed by atoms with van der Waals surface area (Å²) in [7, 11) is 0. The highest BCUT2D eigenvalue weighted by Crippen LogP contribution is 2.18. The van der Waals surface area contributed by atoms with E-state index < -0.39 is 0 Å². The van der Waals surface area contributed by atoms with E-state index in [1.54, 1.807) is 6.92 Å². The molecule has 2 aromatic heterocycles. The Labute approximate surface area is 154 Å². The molecule has 0 bridgehead atoms. The highest BCUT2D eigenvalue weighted by molar-refractivity contribution is 5.80. The Morgan fingerprint density at radius 2 is 2.08 bits per heavy atom. The molecule has 1 aliphatic rings. The molecule has 0 amide bonds. The van der Waals surface area contributed by atoms with Gasteiger partial charge in [-0.1, -0.05) is 11.2 Å². The third kappa shape index (κ3) is 4.93. The van der Waals surface area contributed by atoms with Gasteiger partial charge in [0, 0.05) is 38.3 Å². The van der Waals surface area contributed by atoms with Crippen molar-refractivity contribution in [1.29, 1.82) is 0 Å². The molecule has 140 valence electrons. The van der Waals surface area contributed by atoms with Crippen molar-refractivity contribution in [2.75, 3.05) is 24.5 Å². The van der Waals surface area contributed by atoms with Crippen LogP contribution in [0.4, 0.5) is 5.82 Å². The molecule has 3 rings (SSSR count). The molecular weight excluding hydrogens is 330 g/mol. The van der Waals surface area contributed by atoms with Crippen LogP contribution in [0.15, 0.2) is 27.7 Å². The average molecular weight is 357 g/mol. The van der Waals surface area contributed by atoms with Crippen LogP contribution < -0.4 is 15.5 Å². The van der Waals surface area contributed by atoms with E-state index in [-0.39, 0.29) is 0 Å². The number of piperidine rings is 1. The number of aromatic nitrogens is 3. The molecule has 26 heavy (non-hydrogen) atoms. The van der Waals surface area contributed by atoms with E-state index in [0.717, 1.165) is 49.9 Å². The molecule has 0 unspecified atom stereocenters. The summed E-state index contributed by atoms with van der Waals surface area (Å²) in [5.74, 6) is 3.02. The van der Waals surface area contributed by atoms with Gasteiger partial charge in [-0.15, -0.1) is 0 Å². The summed E-state index contributed by atoms with van der Waals surface area (Å²) in [5, 5.41) is 10.7. The number of anilines is 1. The first-order valence-corrected chi connectivity index (χ1v) is 9.16. The summed E-state index contributed by atoms with van der Waals surface area (Å²) < 4.78 is 4.99. The Bertz CT molecular complexity index is 735. The number of hydrogen-bond acceptors (Lipinski definition) is 6. The lowest BCUT2D eigenvalue weighted by molar-refractivity contribution is 0.387. The lowest BCUT2D eigenvalue weighted by Crippen LogP contribution is -2.49. The second kappa shape index (κ2) is 8.64. The monoisotopic (exact) mass is 357 g/mol. The molecule has 1 saturated heterocycles. The Morgan fingerprint density at radius 3 is 2.73 bits per heavy atom. The number of guanidine groups is 1. The van der Waals surface area contributed by atoms with Gasteiger partial charge in [0.15, 0.2) is 11.8 Å². The first kappa shape index (κ1) is 18.2. The van der Waals surface area contributed by atoms with E-state index in [2.05, 4.69) is 54.7 Å². The van der Waals surface area contributed by atoms with Crippen molar-refractivity contribution in [3.05, 3.63) is 35.6 Å². The van der Waals surface area contributed by atoms with Gasteiger partial charge in [0.25, 0.3) is 0 Å². The lowest BCUT2D eigenvalue weighted by atomic mass is 10.1. The largest absolute Gasteiger partial charge is 0.357 e. The van der Waals surface area contributed by atoms with Crippen molar-refractivity contribution in [2.45, 2.75) is 46.2 Å². The second-order valence-corrected chi connectivity index (χ2v) is 6.47. The van der Waals surface area contributed by atoms with Crippen LogP contribution in [0.25, 0.3) is 0 Å². The third-order valence-electron chi connectivity index (χ3n) is 4.33. The topological polar surface area (TPSA) is 91.5 Å². The molecule has 0 aromatic carbocycles. The molecular formula is C18H27N7O. The smallest absolute Gasteiger partial charge is 0.223 e. The summed E-state index contributed by atoms with van der Waals surface area (Å²) in [4.78, 5) is 15.7. The van der Waals surface area contributed by atoms with E-state index in [0.29, 0.717) is 24.3 Å². The summed E-state index contributed by atoms with van der Waals surface area (Å²) in [6.45, 7) is 9.04. The fourth-order valence-electron chi connectivity index (χ4n) is 3.03. The van der Waals surface area contributed by atoms with Crippen LogP contribution in [-0.2, 0) is 6.54 Å². The Morgan fingerprint density at radius 1 is 1.27 bits per heavy atom. The zero-order valence-corrected chi connectivity index (χ0v) is 15.7. The van der Waals surface area contributed by atoms with Crippen LogP contribution in [0, 0.1) is 13.8 Å². The maximum absolute atomic E-state index is 4.99. The fraction of sp³-hybridized carbons (Fsp3) is 0.556. The number of nitrogens with one attached hydrogen (secondary N) is 2. The third-order valence-corrected chi connectivity index (χ3v) is 4.33. The molecule has 0 radical (unpaired) electrons. The predicted molar refractivity (Wildman–Crippen MR) is 101 cm³/mol. The highest BCUT2D eigenvalue weighted by atomic mass is 16.5. The number of pyridine rings is 1. The van der Waals surface area contributed by atoms with Crippen molar-refractivity contribution < 1.29 is 4.52 Å². The Kier molecular flexibility index (Phi) is 6.04. The zero-order valence-electron chi connectivity index (χ0n) is 15.7. The molecule has 8 heteroatoms. The van der Waals surface area contributed by atoms with Crippen LogP contribution in [0.3, 0.4) is 0 Å². The number of aliphatic imine (C=N–C) groups is 1. The second-order valence-electron chi connectivity index (χ2n) is 6.47. The molecule has 0 saturated carbocycles. The molecule has 2 N–H and O–H groups in total. The molecule has 3 heterocycles. The van der Waals surface area contributed by atoms with Gasteiger partial charge in [-0.2, -0.15) is 4.98 Å². The van der Waals surface area contributed by atoms with Gasteiger partial charge in [-0.3, -0.25) is 0 Å². The molecule has 1 fully saturated rings. The number of nitrogens with zero attached hydrogens (tertiary/aromatic N) is 5. The minimum absolute atomic E-state index is 0.390. The standard InChI is InChI=1S/C18H27N7O/c1-4-19-18(20-12-16-22-14(3)26-24-16)23-15-8-10-25(11-9-15)17-7-5-6-13(2)21-17/h5-7,15H,4,8-12H2,1-3H3,(H2,19,20,23). The summed E-state index contributed by atoms with van der Waals surface area (Å²) in [5.41, 5.74) is 1.06. The van der Waals surface area contributed by atoms with Crippen molar-refractivity contribution in [3.63, 3.8) is 0 Å². The van der Waals surface area contributed by atoms with Gasteiger partial charge in [0.1, 0.15) is 12.4 Å². The maximum atomic E-state index is 4.99. The highest BCUT2D eigenvalue weighted by Gasteiger charge is 2.21. The van der Waals surface area contributed by atoms with Crippen LogP contribution in [0.5, 0.6) is 0 Å². The maximum Gasteiger partial charge on any atom is 0.223 e. The van der Waals surface area contributed by atoms with Gasteiger partial charge >= 0.3 is 0 Å². The summed E-state index contributed by atoms with van der Waals surface area (Å²) >= 11 is 0. The SMILES string of the molecule is CCNC(=NCc1noc(C)n1)NC1CCN(c2cccc(C)n2)CC1. The quantitative estimate of drug-likeness (QED) is 0.623. The summed E-state index contributed by atoms with van der Waals surface area (Å²) in [6.07, 6.45) is 2.09. The minimum atomic E-state index is 0.390. The van der Waals surface area contributed by atoms with Gasteiger partial charge in [0.05, 0.1) is 0 Å². The van der Waals surface area contributed by atoms with Crippen molar-refractivity contribution >= 4 is 11.8 Å². The molecule has 8 nitrogen and oxygen atoms in total. The summed E-state index contributed by atoms with van der Waals surface area (Å²) in [6, 6.07) is 6.57. The van der Waals surface area contributed by atoms with Crippen molar-refractivity contribution in [1.82, 2.24) is 25.8 Å². The fourth-order valence-corrected chi connectivity index (χ4v) is 3.03. The van der Waals surface area contributed by atoms with Crippen molar-refractivity contribution in [2.24, 2.45) is 4.99 Å². The van der Waals surface area contributed by atoms with Gasteiger partial charge in [-0.25, -0.2) is 9.98 Å². The lowest BCUT2D eigenvalue weighted by Gasteiger charge is -2.34. The van der Waals surface area contributed by atoms with Gasteiger partial charge in [-0.05, 0) is 38.8 Å². The van der Waals surface area contributed by atoms with Crippen molar-refractivity contribution in [3.8, 4) is 0 Å². The average Bonchev–Trinajstić information content (AvgIpc) is 3.06. The van der Waals surface area contributed by atoms with E-state index in [4.69, 9.17) is 4.52 Å². The number of rotatable bonds is 5. The Balaban J connectivity index is 1.54. The van der Waals surface area contributed by atoms with E-state index in [1.807, 2.05) is 13.0 Å². The molecule has 1 aliphatic heterocycles. The molecule has 0 aliphatic carbocycles. The molecule has 0 spiro atoms. The van der Waals surface area contributed by atoms with Gasteiger partial charge in [0.2, 0.25) is 5.89 Å². The molecule has 0 atom stereocenters. The van der Waals surface area contributed by atoms with E-state index in [1.165, 1.54) is 0 Å². The first-order valence-electron chi connectivity index (χ1n) is 9.16. The van der Waals surface area contributed by atoms with Crippen LogP contribution in [0.2, 0.25) is 0 Å². The normalized spacial score (nSPS) is 16.0. The van der Waals surface area contributed by atoms with E-state index in [9.17, 15) is 0 Å². The predicted octanol–water partition coefficient (Wildman–Crippen LogP) is 1.81. The first-order chi connectivity index (χ1) is 12.6. The van der Waals surface area contributed by atoms with Gasteiger partial charge < -0.3 is 20.1 Å². The minimum Gasteiger partial charge on any atom is -0.357 e. The Hall–Kier alpha value is -2.64.